The molecule has 130 valence electrons. The molecule has 0 aliphatic carbocycles. The topological polar surface area (TPSA) is 39.7 Å². The smallest absolute Gasteiger partial charge is 0.191 e. The molecule has 0 bridgehead atoms. The molecule has 0 radical (unpaired) electrons. The minimum Gasteiger partial charge on any atom is -0.356 e. The molecule has 1 aliphatic rings. The Hall–Kier alpha value is -0.890. The Balaban J connectivity index is 0.00000264. The number of aliphatic imine (C=N–C) groups is 1. The summed E-state index contributed by atoms with van der Waals surface area (Å²) in [6.07, 6.45) is 4.79. The van der Waals surface area contributed by atoms with Crippen LogP contribution in [-0.2, 0) is 6.42 Å². The third-order valence-corrected chi connectivity index (χ3v) is 3.99. The molecule has 1 heterocycles. The minimum atomic E-state index is -0.179. The normalized spacial score (nSPS) is 15.8. The Morgan fingerprint density at radius 1 is 1.17 bits per heavy atom. The number of likely N-dealkylation sites (tertiary alicyclic amines) is 1. The van der Waals surface area contributed by atoms with E-state index in [0.29, 0.717) is 0 Å². The lowest BCUT2D eigenvalue weighted by Gasteiger charge is -2.26. The van der Waals surface area contributed by atoms with E-state index in [9.17, 15) is 4.39 Å². The van der Waals surface area contributed by atoms with E-state index in [2.05, 4.69) is 20.5 Å². The van der Waals surface area contributed by atoms with Gasteiger partial charge in [0.15, 0.2) is 5.96 Å². The predicted octanol–water partition coefficient (Wildman–Crippen LogP) is 2.64. The van der Waals surface area contributed by atoms with Crippen LogP contribution in [0.2, 0.25) is 0 Å². The van der Waals surface area contributed by atoms with Crippen molar-refractivity contribution in [3.63, 3.8) is 0 Å². The van der Waals surface area contributed by atoms with E-state index in [1.807, 2.05) is 6.07 Å². The first kappa shape index (κ1) is 20.2. The zero-order chi connectivity index (χ0) is 15.6. The summed E-state index contributed by atoms with van der Waals surface area (Å²) in [5.41, 5.74) is 0.997. The van der Waals surface area contributed by atoms with Gasteiger partial charge >= 0.3 is 0 Å². The first-order chi connectivity index (χ1) is 10.8. The van der Waals surface area contributed by atoms with Gasteiger partial charge in [0.25, 0.3) is 0 Å². The number of nitrogens with zero attached hydrogens (tertiary/aromatic N) is 2. The van der Waals surface area contributed by atoms with Crippen LogP contribution in [0.5, 0.6) is 0 Å². The van der Waals surface area contributed by atoms with Crippen molar-refractivity contribution in [3.05, 3.63) is 35.6 Å². The number of rotatable bonds is 6. The number of benzene rings is 1. The van der Waals surface area contributed by atoms with Crippen LogP contribution in [0.15, 0.2) is 29.3 Å². The molecule has 1 saturated heterocycles. The highest BCUT2D eigenvalue weighted by Crippen LogP contribution is 2.07. The lowest BCUT2D eigenvalue weighted by atomic mass is 10.1. The van der Waals surface area contributed by atoms with Crippen molar-refractivity contribution in [2.75, 3.05) is 39.8 Å². The molecule has 23 heavy (non-hydrogen) atoms. The highest BCUT2D eigenvalue weighted by molar-refractivity contribution is 14.0. The zero-order valence-corrected chi connectivity index (χ0v) is 16.2. The lowest BCUT2D eigenvalue weighted by Crippen LogP contribution is -2.43. The fourth-order valence-electron chi connectivity index (χ4n) is 2.75. The van der Waals surface area contributed by atoms with Crippen molar-refractivity contribution in [3.8, 4) is 0 Å². The van der Waals surface area contributed by atoms with Crippen LogP contribution in [0.25, 0.3) is 0 Å². The molecule has 1 aromatic rings. The Morgan fingerprint density at radius 3 is 2.61 bits per heavy atom. The standard InChI is InChI=1S/C17H27FN4.HI/c1-19-17(21-10-13-22-11-3-2-4-12-22)20-9-8-15-6-5-7-16(18)14-15;/h5-7,14H,2-4,8-13H2,1H3,(H2,19,20,21);1H. The fourth-order valence-corrected chi connectivity index (χ4v) is 2.75. The molecule has 2 rings (SSSR count). The lowest BCUT2D eigenvalue weighted by molar-refractivity contribution is 0.232. The second kappa shape index (κ2) is 11.6. The average Bonchev–Trinajstić information content (AvgIpc) is 2.54. The highest BCUT2D eigenvalue weighted by Gasteiger charge is 2.09. The molecule has 1 aromatic carbocycles. The molecule has 0 unspecified atom stereocenters. The number of hydrogen-bond donors (Lipinski definition) is 2. The Kier molecular flexibility index (Phi) is 10.2. The molecule has 0 spiro atoms. The van der Waals surface area contributed by atoms with Gasteiger partial charge in [-0.2, -0.15) is 0 Å². The summed E-state index contributed by atoms with van der Waals surface area (Å²) >= 11 is 0. The largest absolute Gasteiger partial charge is 0.356 e. The third kappa shape index (κ3) is 7.97. The van der Waals surface area contributed by atoms with E-state index in [0.717, 1.165) is 37.6 Å². The maximum absolute atomic E-state index is 13.1. The number of nitrogens with one attached hydrogen (secondary N) is 2. The molecular weight excluding hydrogens is 406 g/mol. The summed E-state index contributed by atoms with van der Waals surface area (Å²) < 4.78 is 13.1. The van der Waals surface area contributed by atoms with Gasteiger partial charge in [0.2, 0.25) is 0 Å². The van der Waals surface area contributed by atoms with Crippen molar-refractivity contribution in [2.24, 2.45) is 4.99 Å². The molecule has 0 saturated carbocycles. The van der Waals surface area contributed by atoms with E-state index in [4.69, 9.17) is 0 Å². The first-order valence-electron chi connectivity index (χ1n) is 8.19. The second-order valence-corrected chi connectivity index (χ2v) is 5.71. The van der Waals surface area contributed by atoms with Crippen LogP contribution < -0.4 is 10.6 Å². The Labute approximate surface area is 156 Å². The second-order valence-electron chi connectivity index (χ2n) is 5.71. The SMILES string of the molecule is CN=C(NCCc1cccc(F)c1)NCCN1CCCCC1.I. The van der Waals surface area contributed by atoms with E-state index >= 15 is 0 Å². The van der Waals surface area contributed by atoms with Gasteiger partial charge in [-0.05, 0) is 50.0 Å². The molecular formula is C17H28FIN4. The van der Waals surface area contributed by atoms with Crippen LogP contribution in [-0.4, -0.2) is 50.6 Å². The van der Waals surface area contributed by atoms with Crippen LogP contribution in [0, 0.1) is 5.82 Å². The molecule has 0 atom stereocenters. The van der Waals surface area contributed by atoms with Crippen molar-refractivity contribution in [1.82, 2.24) is 15.5 Å². The Bertz CT molecular complexity index is 475. The fraction of sp³-hybridized carbons (Fsp3) is 0.588. The van der Waals surface area contributed by atoms with E-state index in [1.165, 1.54) is 38.4 Å². The van der Waals surface area contributed by atoms with Crippen molar-refractivity contribution < 1.29 is 4.39 Å². The van der Waals surface area contributed by atoms with Gasteiger partial charge in [-0.1, -0.05) is 18.6 Å². The molecule has 0 amide bonds. The molecule has 1 fully saturated rings. The summed E-state index contributed by atoms with van der Waals surface area (Å²) in [5.74, 6) is 0.634. The van der Waals surface area contributed by atoms with Gasteiger partial charge in [-0.15, -0.1) is 24.0 Å². The maximum atomic E-state index is 13.1. The van der Waals surface area contributed by atoms with Gasteiger partial charge in [0.1, 0.15) is 5.82 Å². The first-order valence-corrected chi connectivity index (χ1v) is 8.19. The highest BCUT2D eigenvalue weighted by atomic mass is 127. The Morgan fingerprint density at radius 2 is 1.91 bits per heavy atom. The summed E-state index contributed by atoms with van der Waals surface area (Å²) in [5, 5.41) is 6.61. The monoisotopic (exact) mass is 434 g/mol. The molecule has 0 aromatic heterocycles. The number of piperidine rings is 1. The number of hydrogen-bond acceptors (Lipinski definition) is 2. The van der Waals surface area contributed by atoms with Crippen LogP contribution >= 0.6 is 24.0 Å². The number of halogens is 2. The van der Waals surface area contributed by atoms with Gasteiger partial charge < -0.3 is 15.5 Å². The summed E-state index contributed by atoms with van der Waals surface area (Å²) in [4.78, 5) is 6.72. The number of guanidine groups is 1. The van der Waals surface area contributed by atoms with Gasteiger partial charge in [-0.3, -0.25) is 4.99 Å². The molecule has 6 heteroatoms. The minimum absolute atomic E-state index is 0. The maximum Gasteiger partial charge on any atom is 0.191 e. The third-order valence-electron chi connectivity index (χ3n) is 3.99. The van der Waals surface area contributed by atoms with Crippen molar-refractivity contribution in [1.29, 1.82) is 0 Å². The summed E-state index contributed by atoms with van der Waals surface area (Å²) in [6.45, 7) is 5.14. The van der Waals surface area contributed by atoms with Gasteiger partial charge in [0.05, 0.1) is 0 Å². The quantitative estimate of drug-likeness (QED) is 0.411. The summed E-state index contributed by atoms with van der Waals surface area (Å²) in [7, 11) is 1.78. The van der Waals surface area contributed by atoms with Crippen LogP contribution in [0.3, 0.4) is 0 Å². The molecule has 1 aliphatic heterocycles. The molecule has 4 nitrogen and oxygen atoms in total. The van der Waals surface area contributed by atoms with Gasteiger partial charge in [0, 0.05) is 26.7 Å². The zero-order valence-electron chi connectivity index (χ0n) is 13.9. The predicted molar refractivity (Wildman–Crippen MR) is 105 cm³/mol. The van der Waals surface area contributed by atoms with Crippen molar-refractivity contribution >= 4 is 29.9 Å². The van der Waals surface area contributed by atoms with Gasteiger partial charge in [-0.25, -0.2) is 4.39 Å². The van der Waals surface area contributed by atoms with Crippen molar-refractivity contribution in [2.45, 2.75) is 25.7 Å². The molecule has 2 N–H and O–H groups in total. The van der Waals surface area contributed by atoms with Crippen LogP contribution in [0.1, 0.15) is 24.8 Å². The summed E-state index contributed by atoms with van der Waals surface area (Å²) in [6, 6.07) is 6.74. The van der Waals surface area contributed by atoms with E-state index in [1.54, 1.807) is 19.2 Å². The average molecular weight is 434 g/mol. The van der Waals surface area contributed by atoms with E-state index < -0.39 is 0 Å². The van der Waals surface area contributed by atoms with E-state index in [-0.39, 0.29) is 29.8 Å². The van der Waals surface area contributed by atoms with Crippen LogP contribution in [0.4, 0.5) is 4.39 Å².